The molecular formula is C13H21N5. The molecule has 2 rings (SSSR count). The van der Waals surface area contributed by atoms with Crippen LogP contribution >= 0.6 is 0 Å². The smallest absolute Gasteiger partial charge is 0.206 e. The van der Waals surface area contributed by atoms with Crippen molar-refractivity contribution in [3.63, 3.8) is 0 Å². The number of nitrogens with two attached hydrogens (primary N) is 1. The Hall–Kier alpha value is -1.62. The first-order chi connectivity index (χ1) is 8.88. The van der Waals surface area contributed by atoms with Crippen molar-refractivity contribution in [3.05, 3.63) is 30.1 Å². The molecule has 1 saturated carbocycles. The molecule has 0 unspecified atom stereocenters. The van der Waals surface area contributed by atoms with Crippen molar-refractivity contribution in [3.8, 4) is 0 Å². The first-order valence-electron chi connectivity index (χ1n) is 6.56. The van der Waals surface area contributed by atoms with E-state index < -0.39 is 0 Å². The molecule has 1 aliphatic carbocycles. The van der Waals surface area contributed by atoms with Gasteiger partial charge >= 0.3 is 0 Å². The van der Waals surface area contributed by atoms with Crippen LogP contribution in [0.2, 0.25) is 0 Å². The summed E-state index contributed by atoms with van der Waals surface area (Å²) in [7, 11) is 0. The second-order valence-electron chi connectivity index (χ2n) is 4.61. The van der Waals surface area contributed by atoms with Gasteiger partial charge in [0.15, 0.2) is 0 Å². The molecule has 4 N–H and O–H groups in total. The minimum atomic E-state index is 0.497. The van der Waals surface area contributed by atoms with Gasteiger partial charge in [-0.05, 0) is 25.0 Å². The fraction of sp³-hybridized carbons (Fsp3) is 0.538. The third-order valence-corrected chi connectivity index (χ3v) is 3.21. The Morgan fingerprint density at radius 1 is 1.33 bits per heavy atom. The van der Waals surface area contributed by atoms with Gasteiger partial charge in [0.2, 0.25) is 5.96 Å². The van der Waals surface area contributed by atoms with E-state index in [4.69, 9.17) is 5.84 Å². The van der Waals surface area contributed by atoms with Crippen LogP contribution in [0.15, 0.2) is 29.4 Å². The van der Waals surface area contributed by atoms with Crippen molar-refractivity contribution in [1.82, 2.24) is 15.7 Å². The molecule has 0 atom stereocenters. The van der Waals surface area contributed by atoms with E-state index >= 15 is 0 Å². The monoisotopic (exact) mass is 247 g/mol. The second kappa shape index (κ2) is 6.96. The summed E-state index contributed by atoms with van der Waals surface area (Å²) in [5.74, 6) is 6.15. The summed E-state index contributed by atoms with van der Waals surface area (Å²) >= 11 is 0. The average Bonchev–Trinajstić information content (AvgIpc) is 2.45. The topological polar surface area (TPSA) is 75.3 Å². The second-order valence-corrected chi connectivity index (χ2v) is 4.61. The summed E-state index contributed by atoms with van der Waals surface area (Å²) in [6.07, 6.45) is 8.09. The molecular weight excluding hydrogens is 226 g/mol. The number of nitrogens with one attached hydrogen (secondary N) is 2. The minimum Gasteiger partial charge on any atom is -0.353 e. The molecule has 0 radical (unpaired) electrons. The SMILES string of the molecule is NNC(=NCc1ccccn1)NC1CCCCC1. The Balaban J connectivity index is 1.87. The molecule has 1 aliphatic rings. The van der Waals surface area contributed by atoms with Crippen LogP contribution in [0.25, 0.3) is 0 Å². The Morgan fingerprint density at radius 3 is 2.83 bits per heavy atom. The molecule has 0 aliphatic heterocycles. The van der Waals surface area contributed by atoms with Crippen LogP contribution in [-0.2, 0) is 6.54 Å². The highest BCUT2D eigenvalue weighted by Gasteiger charge is 2.13. The zero-order valence-corrected chi connectivity index (χ0v) is 10.6. The number of rotatable bonds is 3. The summed E-state index contributed by atoms with van der Waals surface area (Å²) in [6, 6.07) is 6.31. The average molecular weight is 247 g/mol. The molecule has 0 spiro atoms. The van der Waals surface area contributed by atoms with Crippen LogP contribution in [0.3, 0.4) is 0 Å². The first kappa shape index (κ1) is 12.8. The van der Waals surface area contributed by atoms with E-state index in [1.807, 2.05) is 18.2 Å². The Bertz CT molecular complexity index is 370. The van der Waals surface area contributed by atoms with Crippen molar-refractivity contribution in [2.75, 3.05) is 0 Å². The molecule has 0 aromatic carbocycles. The molecule has 1 fully saturated rings. The summed E-state index contributed by atoms with van der Waals surface area (Å²) in [4.78, 5) is 8.64. The molecule has 98 valence electrons. The number of aliphatic imine (C=N–C) groups is 1. The molecule has 18 heavy (non-hydrogen) atoms. The van der Waals surface area contributed by atoms with E-state index in [0.717, 1.165) is 5.69 Å². The highest BCUT2D eigenvalue weighted by atomic mass is 15.3. The first-order valence-corrected chi connectivity index (χ1v) is 6.56. The lowest BCUT2D eigenvalue weighted by molar-refractivity contribution is 0.410. The fourth-order valence-electron chi connectivity index (χ4n) is 2.22. The van der Waals surface area contributed by atoms with Crippen molar-refractivity contribution in [2.45, 2.75) is 44.7 Å². The van der Waals surface area contributed by atoms with Gasteiger partial charge in [-0.15, -0.1) is 0 Å². The minimum absolute atomic E-state index is 0.497. The van der Waals surface area contributed by atoms with Gasteiger partial charge in [-0.2, -0.15) is 0 Å². The normalized spacial score (nSPS) is 17.5. The maximum atomic E-state index is 5.49. The van der Waals surface area contributed by atoms with Crippen molar-refractivity contribution < 1.29 is 0 Å². The lowest BCUT2D eigenvalue weighted by atomic mass is 9.96. The van der Waals surface area contributed by atoms with Crippen LogP contribution in [0.1, 0.15) is 37.8 Å². The van der Waals surface area contributed by atoms with Gasteiger partial charge in [-0.25, -0.2) is 10.8 Å². The number of hydrazine groups is 1. The highest BCUT2D eigenvalue weighted by molar-refractivity contribution is 5.79. The van der Waals surface area contributed by atoms with Crippen LogP contribution in [0, 0.1) is 0 Å². The van der Waals surface area contributed by atoms with Gasteiger partial charge < -0.3 is 5.32 Å². The summed E-state index contributed by atoms with van der Waals surface area (Å²) < 4.78 is 0. The Kier molecular flexibility index (Phi) is 4.96. The van der Waals surface area contributed by atoms with Crippen LogP contribution < -0.4 is 16.6 Å². The standard InChI is InChI=1S/C13H21N5/c14-18-13(17-11-6-2-1-3-7-11)16-10-12-8-4-5-9-15-12/h4-5,8-9,11H,1-3,6-7,10,14H2,(H2,16,17,18). The number of hydrogen-bond acceptors (Lipinski definition) is 3. The summed E-state index contributed by atoms with van der Waals surface area (Å²) in [6.45, 7) is 0.542. The van der Waals surface area contributed by atoms with Gasteiger partial charge in [-0.3, -0.25) is 10.4 Å². The van der Waals surface area contributed by atoms with E-state index in [1.165, 1.54) is 32.1 Å². The number of guanidine groups is 1. The predicted octanol–water partition coefficient (Wildman–Crippen LogP) is 1.32. The molecule has 0 saturated heterocycles. The summed E-state index contributed by atoms with van der Waals surface area (Å²) in [5, 5.41) is 3.36. The number of nitrogens with zero attached hydrogens (tertiary/aromatic N) is 2. The lowest BCUT2D eigenvalue weighted by Crippen LogP contribution is -2.47. The molecule has 1 aromatic rings. The molecule has 5 heteroatoms. The fourth-order valence-corrected chi connectivity index (χ4v) is 2.22. The molecule has 5 nitrogen and oxygen atoms in total. The largest absolute Gasteiger partial charge is 0.353 e. The van der Waals surface area contributed by atoms with Crippen LogP contribution in [0.4, 0.5) is 0 Å². The molecule has 0 amide bonds. The Morgan fingerprint density at radius 2 is 2.17 bits per heavy atom. The summed E-state index contributed by atoms with van der Waals surface area (Å²) in [5.41, 5.74) is 3.57. The molecule has 1 aromatic heterocycles. The van der Waals surface area contributed by atoms with Gasteiger partial charge in [0, 0.05) is 12.2 Å². The van der Waals surface area contributed by atoms with E-state index in [9.17, 15) is 0 Å². The third kappa shape index (κ3) is 4.00. The van der Waals surface area contributed by atoms with Gasteiger partial charge in [0.05, 0.1) is 12.2 Å². The van der Waals surface area contributed by atoms with Crippen molar-refractivity contribution in [2.24, 2.45) is 10.8 Å². The zero-order valence-electron chi connectivity index (χ0n) is 10.6. The number of pyridine rings is 1. The van der Waals surface area contributed by atoms with Crippen molar-refractivity contribution in [1.29, 1.82) is 0 Å². The maximum absolute atomic E-state index is 5.49. The van der Waals surface area contributed by atoms with Gasteiger partial charge in [0.1, 0.15) is 0 Å². The quantitative estimate of drug-likeness (QED) is 0.326. The van der Waals surface area contributed by atoms with Gasteiger partial charge in [0.25, 0.3) is 0 Å². The predicted molar refractivity (Wildman–Crippen MR) is 72.7 cm³/mol. The van der Waals surface area contributed by atoms with E-state index in [2.05, 4.69) is 20.7 Å². The maximum Gasteiger partial charge on any atom is 0.206 e. The highest BCUT2D eigenvalue weighted by Crippen LogP contribution is 2.17. The van der Waals surface area contributed by atoms with E-state index in [1.54, 1.807) is 6.20 Å². The van der Waals surface area contributed by atoms with E-state index in [0.29, 0.717) is 18.5 Å². The van der Waals surface area contributed by atoms with Gasteiger partial charge in [-0.1, -0.05) is 25.3 Å². The number of hydrogen-bond donors (Lipinski definition) is 3. The van der Waals surface area contributed by atoms with Crippen LogP contribution in [0.5, 0.6) is 0 Å². The zero-order chi connectivity index (χ0) is 12.6. The van der Waals surface area contributed by atoms with E-state index in [-0.39, 0.29) is 0 Å². The molecule has 0 bridgehead atoms. The third-order valence-electron chi connectivity index (χ3n) is 3.21. The van der Waals surface area contributed by atoms with Crippen molar-refractivity contribution >= 4 is 5.96 Å². The lowest BCUT2D eigenvalue weighted by Gasteiger charge is -2.24. The Labute approximate surface area is 108 Å². The number of aromatic nitrogens is 1. The molecule has 1 heterocycles. The van der Waals surface area contributed by atoms with Crippen LogP contribution in [-0.4, -0.2) is 17.0 Å².